The number of aryl methyl sites for hydroxylation is 1. The molecular weight excluding hydrogens is 344 g/mol. The zero-order valence-corrected chi connectivity index (χ0v) is 15.6. The minimum atomic E-state index is -0.871. The Morgan fingerprint density at radius 2 is 1.70 bits per heavy atom. The summed E-state index contributed by atoms with van der Waals surface area (Å²) in [6.07, 6.45) is -0.871. The first kappa shape index (κ1) is 18.8. The normalized spacial score (nSPS) is 15.3. The van der Waals surface area contributed by atoms with Crippen molar-refractivity contribution in [1.29, 1.82) is 0 Å². The number of hydrogen-bond donors (Lipinski definition) is 1. The van der Waals surface area contributed by atoms with Gasteiger partial charge in [-0.3, -0.25) is 4.79 Å². The zero-order chi connectivity index (χ0) is 19.4. The molecule has 3 rings (SSSR count). The van der Waals surface area contributed by atoms with Crippen LogP contribution in [0.15, 0.2) is 48.5 Å². The van der Waals surface area contributed by atoms with Gasteiger partial charge in [-0.25, -0.2) is 4.79 Å². The second kappa shape index (κ2) is 8.12. The maximum Gasteiger partial charge on any atom is 0.339 e. The van der Waals surface area contributed by atoms with Gasteiger partial charge >= 0.3 is 5.97 Å². The minimum absolute atomic E-state index is 0.0282. The van der Waals surface area contributed by atoms with Gasteiger partial charge in [-0.15, -0.1) is 0 Å². The topological polar surface area (TPSA) is 70.1 Å². The largest absolute Gasteiger partial charge is 0.508 e. The van der Waals surface area contributed by atoms with E-state index in [0.29, 0.717) is 18.7 Å². The third kappa shape index (κ3) is 4.39. The number of esters is 1. The average Bonchev–Trinajstić information content (AvgIpc) is 2.70. The van der Waals surface area contributed by atoms with E-state index >= 15 is 0 Å². The summed E-state index contributed by atoms with van der Waals surface area (Å²) in [7, 11) is 0. The standard InChI is InChI=1S/C21H24N2O4/c1-15-8-9-17(14-19(15)24)21(26)27-16(2)20(25)23-12-10-22(11-13-23)18-6-4-3-5-7-18/h3-9,14,16,24H,10-13H2,1-2H3. The van der Waals surface area contributed by atoms with Crippen molar-refractivity contribution >= 4 is 17.6 Å². The van der Waals surface area contributed by atoms with Gasteiger partial charge in [-0.1, -0.05) is 24.3 Å². The van der Waals surface area contributed by atoms with Crippen molar-refractivity contribution in [3.8, 4) is 5.75 Å². The molecule has 6 nitrogen and oxygen atoms in total. The average molecular weight is 368 g/mol. The molecule has 2 aromatic carbocycles. The maximum atomic E-state index is 12.6. The van der Waals surface area contributed by atoms with Crippen LogP contribution in [-0.2, 0) is 9.53 Å². The predicted octanol–water partition coefficient (Wildman–Crippen LogP) is 2.59. The van der Waals surface area contributed by atoms with Crippen LogP contribution in [0, 0.1) is 6.92 Å². The van der Waals surface area contributed by atoms with Crippen molar-refractivity contribution in [2.24, 2.45) is 0 Å². The number of amides is 1. The van der Waals surface area contributed by atoms with Crippen LogP contribution in [0.5, 0.6) is 5.75 Å². The fourth-order valence-corrected chi connectivity index (χ4v) is 3.10. The molecule has 0 aliphatic carbocycles. The molecule has 27 heavy (non-hydrogen) atoms. The van der Waals surface area contributed by atoms with Crippen molar-refractivity contribution in [3.63, 3.8) is 0 Å². The van der Waals surface area contributed by atoms with Gasteiger partial charge in [-0.05, 0) is 43.7 Å². The highest BCUT2D eigenvalue weighted by atomic mass is 16.5. The number of carbonyl (C=O) groups is 2. The fraction of sp³-hybridized carbons (Fsp3) is 0.333. The van der Waals surface area contributed by atoms with E-state index in [1.807, 2.05) is 18.2 Å². The summed E-state index contributed by atoms with van der Waals surface area (Å²) in [6, 6.07) is 14.7. The molecular formula is C21H24N2O4. The molecule has 1 aliphatic rings. The second-order valence-electron chi connectivity index (χ2n) is 6.70. The van der Waals surface area contributed by atoms with Crippen molar-refractivity contribution < 1.29 is 19.4 Å². The number of piperazine rings is 1. The summed E-state index contributed by atoms with van der Waals surface area (Å²) in [5.74, 6) is -0.790. The Balaban J connectivity index is 1.55. The fourth-order valence-electron chi connectivity index (χ4n) is 3.10. The van der Waals surface area contributed by atoms with E-state index in [1.165, 1.54) is 6.07 Å². The molecule has 1 atom stereocenters. The quantitative estimate of drug-likeness (QED) is 0.840. The van der Waals surface area contributed by atoms with Gasteiger partial charge in [0.1, 0.15) is 5.75 Å². The number of nitrogens with zero attached hydrogens (tertiary/aromatic N) is 2. The SMILES string of the molecule is Cc1ccc(C(=O)OC(C)C(=O)N2CCN(c3ccccc3)CC2)cc1O. The van der Waals surface area contributed by atoms with Crippen LogP contribution in [0.25, 0.3) is 0 Å². The number of carbonyl (C=O) groups excluding carboxylic acids is 2. The molecule has 1 unspecified atom stereocenters. The molecule has 1 saturated heterocycles. The van der Waals surface area contributed by atoms with Crippen LogP contribution in [0.3, 0.4) is 0 Å². The number of phenolic OH excluding ortho intramolecular Hbond substituents is 1. The molecule has 142 valence electrons. The van der Waals surface area contributed by atoms with E-state index in [0.717, 1.165) is 18.8 Å². The smallest absolute Gasteiger partial charge is 0.339 e. The van der Waals surface area contributed by atoms with Gasteiger partial charge in [0, 0.05) is 31.9 Å². The Hall–Kier alpha value is -3.02. The molecule has 1 aliphatic heterocycles. The maximum absolute atomic E-state index is 12.6. The number of benzene rings is 2. The van der Waals surface area contributed by atoms with Crippen molar-refractivity contribution in [2.45, 2.75) is 20.0 Å². The highest BCUT2D eigenvalue weighted by Crippen LogP contribution is 2.19. The summed E-state index contributed by atoms with van der Waals surface area (Å²) < 4.78 is 5.30. The summed E-state index contributed by atoms with van der Waals surface area (Å²) in [5.41, 5.74) is 2.04. The Morgan fingerprint density at radius 1 is 1.04 bits per heavy atom. The summed E-state index contributed by atoms with van der Waals surface area (Å²) >= 11 is 0. The van der Waals surface area contributed by atoms with Gasteiger partial charge in [-0.2, -0.15) is 0 Å². The van der Waals surface area contributed by atoms with Crippen molar-refractivity contribution in [2.75, 3.05) is 31.1 Å². The molecule has 0 saturated carbocycles. The van der Waals surface area contributed by atoms with E-state index < -0.39 is 12.1 Å². The third-order valence-corrected chi connectivity index (χ3v) is 4.79. The van der Waals surface area contributed by atoms with E-state index in [4.69, 9.17) is 4.74 Å². The van der Waals surface area contributed by atoms with Crippen molar-refractivity contribution in [3.05, 3.63) is 59.7 Å². The summed E-state index contributed by atoms with van der Waals surface area (Å²) in [4.78, 5) is 28.8. The van der Waals surface area contributed by atoms with Gasteiger partial charge < -0.3 is 19.6 Å². The second-order valence-corrected chi connectivity index (χ2v) is 6.70. The van der Waals surface area contributed by atoms with Gasteiger partial charge in [0.05, 0.1) is 5.56 Å². The van der Waals surface area contributed by atoms with E-state index in [1.54, 1.807) is 30.9 Å². The lowest BCUT2D eigenvalue weighted by Crippen LogP contribution is -2.51. The van der Waals surface area contributed by atoms with E-state index in [2.05, 4.69) is 17.0 Å². The molecule has 1 N–H and O–H groups in total. The van der Waals surface area contributed by atoms with Crippen LogP contribution >= 0.6 is 0 Å². The molecule has 0 aromatic heterocycles. The molecule has 0 spiro atoms. The third-order valence-electron chi connectivity index (χ3n) is 4.79. The molecule has 1 heterocycles. The lowest BCUT2D eigenvalue weighted by molar-refractivity contribution is -0.140. The van der Waals surface area contributed by atoms with Crippen LogP contribution in [0.4, 0.5) is 5.69 Å². The van der Waals surface area contributed by atoms with Gasteiger partial charge in [0.15, 0.2) is 6.10 Å². The van der Waals surface area contributed by atoms with E-state index in [-0.39, 0.29) is 17.2 Å². The predicted molar refractivity (Wildman–Crippen MR) is 103 cm³/mol. The number of anilines is 1. The molecule has 1 fully saturated rings. The number of phenols is 1. The zero-order valence-electron chi connectivity index (χ0n) is 15.6. The number of rotatable bonds is 4. The molecule has 6 heteroatoms. The van der Waals surface area contributed by atoms with Crippen LogP contribution in [0.2, 0.25) is 0 Å². The van der Waals surface area contributed by atoms with Crippen LogP contribution in [0.1, 0.15) is 22.8 Å². The van der Waals surface area contributed by atoms with Crippen LogP contribution in [-0.4, -0.2) is 54.2 Å². The monoisotopic (exact) mass is 368 g/mol. The highest BCUT2D eigenvalue weighted by Gasteiger charge is 2.27. The molecule has 1 amide bonds. The summed E-state index contributed by atoms with van der Waals surface area (Å²) in [6.45, 7) is 5.97. The lowest BCUT2D eigenvalue weighted by Gasteiger charge is -2.37. The summed E-state index contributed by atoms with van der Waals surface area (Å²) in [5, 5.41) is 9.73. The van der Waals surface area contributed by atoms with Gasteiger partial charge in [0.25, 0.3) is 5.91 Å². The Bertz CT molecular complexity index is 814. The first-order chi connectivity index (χ1) is 13.0. The highest BCUT2D eigenvalue weighted by molar-refractivity contribution is 5.92. The molecule has 0 bridgehead atoms. The molecule has 0 radical (unpaired) electrons. The van der Waals surface area contributed by atoms with Crippen LogP contribution < -0.4 is 4.90 Å². The van der Waals surface area contributed by atoms with Gasteiger partial charge in [0.2, 0.25) is 0 Å². The van der Waals surface area contributed by atoms with E-state index in [9.17, 15) is 14.7 Å². The Labute approximate surface area is 159 Å². The Kier molecular flexibility index (Phi) is 5.64. The molecule has 2 aromatic rings. The van der Waals surface area contributed by atoms with Crippen molar-refractivity contribution in [1.82, 2.24) is 4.90 Å². The number of hydrogen-bond acceptors (Lipinski definition) is 5. The number of aromatic hydroxyl groups is 1. The Morgan fingerprint density at radius 3 is 2.33 bits per heavy atom. The first-order valence-corrected chi connectivity index (χ1v) is 9.05. The minimum Gasteiger partial charge on any atom is -0.508 e. The lowest BCUT2D eigenvalue weighted by atomic mass is 10.1. The number of ether oxygens (including phenoxy) is 1. The first-order valence-electron chi connectivity index (χ1n) is 9.05. The number of para-hydroxylation sites is 1.